The fourth-order valence-electron chi connectivity index (χ4n) is 3.74. The van der Waals surface area contributed by atoms with Crippen LogP contribution in [0.1, 0.15) is 37.3 Å². The summed E-state index contributed by atoms with van der Waals surface area (Å²) >= 11 is 12.4. The number of aliphatic hydroxyl groups is 1. The molecule has 0 spiro atoms. The van der Waals surface area contributed by atoms with Crippen LogP contribution < -0.4 is 10.6 Å². The minimum atomic E-state index is -0.635. The van der Waals surface area contributed by atoms with Crippen LogP contribution in [0.4, 0.5) is 5.95 Å². The van der Waals surface area contributed by atoms with Gasteiger partial charge in [0.05, 0.1) is 33.8 Å². The Bertz CT molecular complexity index is 1130. The Kier molecular flexibility index (Phi) is 6.55. The molecule has 3 N–H and O–H groups in total. The summed E-state index contributed by atoms with van der Waals surface area (Å²) in [4.78, 5) is 29.9. The SMILES string of the molecule is CC(Nc1nccc(C2C(=O)NC[C@@H]2[C@@H](C)O)n1)c1ncc(-c2cccc(Cl)c2Cl)cn1. The van der Waals surface area contributed by atoms with Crippen LogP contribution in [0, 0.1) is 5.92 Å². The molecule has 0 bridgehead atoms. The van der Waals surface area contributed by atoms with E-state index in [1.807, 2.05) is 19.1 Å². The molecule has 8 nitrogen and oxygen atoms in total. The summed E-state index contributed by atoms with van der Waals surface area (Å²) in [6.07, 6.45) is 4.33. The molecular weight excluding hydrogens is 451 g/mol. The number of hydrogen-bond acceptors (Lipinski definition) is 7. The van der Waals surface area contributed by atoms with Crippen LogP contribution in [-0.2, 0) is 4.79 Å². The standard InChI is InChI=1S/C22H22Cl2N6O2/c1-11(20-26-8-13(9-27-20)14-4-3-5-16(23)19(14)24)29-22-25-7-6-17(30-22)18-15(12(2)31)10-28-21(18)32/h3-9,11-12,15,18,31H,10H2,1-2H3,(H,28,32)(H,25,29,30)/t11?,12-,15-,18?/m1/s1. The van der Waals surface area contributed by atoms with E-state index in [4.69, 9.17) is 23.2 Å². The van der Waals surface area contributed by atoms with Gasteiger partial charge in [-0.05, 0) is 26.0 Å². The maximum absolute atomic E-state index is 12.3. The Morgan fingerprint density at radius 1 is 1.16 bits per heavy atom. The number of amides is 1. The zero-order valence-electron chi connectivity index (χ0n) is 17.5. The molecule has 10 heteroatoms. The number of hydrogen-bond donors (Lipinski definition) is 3. The highest BCUT2D eigenvalue weighted by molar-refractivity contribution is 6.43. The highest BCUT2D eigenvalue weighted by atomic mass is 35.5. The smallest absolute Gasteiger partial charge is 0.229 e. The van der Waals surface area contributed by atoms with E-state index in [1.54, 1.807) is 37.6 Å². The van der Waals surface area contributed by atoms with Crippen molar-refractivity contribution < 1.29 is 9.90 Å². The van der Waals surface area contributed by atoms with Gasteiger partial charge in [0.25, 0.3) is 0 Å². The first-order valence-corrected chi connectivity index (χ1v) is 10.9. The number of nitrogens with zero attached hydrogens (tertiary/aromatic N) is 4. The van der Waals surface area contributed by atoms with Gasteiger partial charge in [0.2, 0.25) is 11.9 Å². The largest absolute Gasteiger partial charge is 0.393 e. The lowest BCUT2D eigenvalue weighted by Crippen LogP contribution is -2.25. The second-order valence-electron chi connectivity index (χ2n) is 7.73. The van der Waals surface area contributed by atoms with Crippen molar-refractivity contribution in [2.24, 2.45) is 5.92 Å². The van der Waals surface area contributed by atoms with Crippen molar-refractivity contribution in [3.8, 4) is 11.1 Å². The molecule has 1 amide bonds. The predicted octanol–water partition coefficient (Wildman–Crippen LogP) is 3.62. The van der Waals surface area contributed by atoms with Gasteiger partial charge >= 0.3 is 0 Å². The maximum Gasteiger partial charge on any atom is 0.229 e. The first-order valence-electron chi connectivity index (χ1n) is 10.2. The molecule has 0 saturated carbocycles. The van der Waals surface area contributed by atoms with E-state index in [1.165, 1.54) is 0 Å². The monoisotopic (exact) mass is 472 g/mol. The molecule has 2 unspecified atom stereocenters. The summed E-state index contributed by atoms with van der Waals surface area (Å²) in [6.45, 7) is 3.98. The summed E-state index contributed by atoms with van der Waals surface area (Å²) < 4.78 is 0. The predicted molar refractivity (Wildman–Crippen MR) is 122 cm³/mol. The van der Waals surface area contributed by atoms with Gasteiger partial charge in [0.1, 0.15) is 5.82 Å². The second-order valence-corrected chi connectivity index (χ2v) is 8.51. The first-order chi connectivity index (χ1) is 15.3. The Morgan fingerprint density at radius 2 is 1.91 bits per heavy atom. The molecule has 3 aromatic rings. The number of benzene rings is 1. The summed E-state index contributed by atoms with van der Waals surface area (Å²) in [5.41, 5.74) is 2.07. The quantitative estimate of drug-likeness (QED) is 0.501. The number of halogens is 2. The van der Waals surface area contributed by atoms with Crippen LogP contribution in [-0.4, -0.2) is 43.6 Å². The second kappa shape index (κ2) is 9.36. The molecule has 1 aliphatic heterocycles. The van der Waals surface area contributed by atoms with E-state index >= 15 is 0 Å². The first kappa shape index (κ1) is 22.4. The van der Waals surface area contributed by atoms with E-state index in [9.17, 15) is 9.90 Å². The number of rotatable bonds is 6. The summed E-state index contributed by atoms with van der Waals surface area (Å²) in [5, 5.41) is 16.9. The molecule has 1 aliphatic rings. The van der Waals surface area contributed by atoms with Crippen molar-refractivity contribution in [1.29, 1.82) is 0 Å². The Morgan fingerprint density at radius 3 is 2.62 bits per heavy atom. The highest BCUT2D eigenvalue weighted by Crippen LogP contribution is 2.33. The van der Waals surface area contributed by atoms with E-state index in [-0.39, 0.29) is 17.9 Å². The van der Waals surface area contributed by atoms with Crippen molar-refractivity contribution in [2.75, 3.05) is 11.9 Å². The normalized spacial score (nSPS) is 20.0. The van der Waals surface area contributed by atoms with Gasteiger partial charge in [0, 0.05) is 42.2 Å². The third-order valence-electron chi connectivity index (χ3n) is 5.51. The minimum Gasteiger partial charge on any atom is -0.393 e. The topological polar surface area (TPSA) is 113 Å². The molecule has 4 atom stereocenters. The number of aromatic nitrogens is 4. The molecule has 0 aliphatic carbocycles. The van der Waals surface area contributed by atoms with Crippen LogP contribution in [0.15, 0.2) is 42.9 Å². The molecule has 0 radical (unpaired) electrons. The van der Waals surface area contributed by atoms with Gasteiger partial charge in [-0.15, -0.1) is 0 Å². The van der Waals surface area contributed by atoms with Crippen molar-refractivity contribution >= 4 is 35.1 Å². The van der Waals surface area contributed by atoms with E-state index in [0.717, 1.165) is 11.1 Å². The third kappa shape index (κ3) is 4.53. The third-order valence-corrected chi connectivity index (χ3v) is 6.32. The Balaban J connectivity index is 1.51. The van der Waals surface area contributed by atoms with Gasteiger partial charge in [-0.3, -0.25) is 4.79 Å². The van der Waals surface area contributed by atoms with Crippen molar-refractivity contribution in [2.45, 2.75) is 31.9 Å². The summed E-state index contributed by atoms with van der Waals surface area (Å²) in [6, 6.07) is 6.80. The van der Waals surface area contributed by atoms with Gasteiger partial charge in [-0.25, -0.2) is 19.9 Å². The van der Waals surface area contributed by atoms with Crippen LogP contribution in [0.5, 0.6) is 0 Å². The van der Waals surface area contributed by atoms with E-state index < -0.39 is 12.0 Å². The van der Waals surface area contributed by atoms with Crippen molar-refractivity contribution in [1.82, 2.24) is 25.3 Å². The maximum atomic E-state index is 12.3. The molecule has 3 heterocycles. The van der Waals surface area contributed by atoms with Gasteiger partial charge in [-0.1, -0.05) is 35.3 Å². The number of carbonyl (C=O) groups is 1. The summed E-state index contributed by atoms with van der Waals surface area (Å²) in [5.74, 6) is -0.0122. The lowest BCUT2D eigenvalue weighted by molar-refractivity contribution is -0.121. The number of carbonyl (C=O) groups excluding carboxylic acids is 1. The molecule has 2 aromatic heterocycles. The fourth-order valence-corrected chi connectivity index (χ4v) is 4.15. The zero-order valence-corrected chi connectivity index (χ0v) is 19.0. The lowest BCUT2D eigenvalue weighted by atomic mass is 9.88. The average molecular weight is 473 g/mol. The molecule has 1 fully saturated rings. The molecule has 1 saturated heterocycles. The minimum absolute atomic E-state index is 0.146. The molecule has 32 heavy (non-hydrogen) atoms. The van der Waals surface area contributed by atoms with Crippen LogP contribution in [0.3, 0.4) is 0 Å². The van der Waals surface area contributed by atoms with Gasteiger partial charge < -0.3 is 15.7 Å². The summed E-state index contributed by atoms with van der Waals surface area (Å²) in [7, 11) is 0. The van der Waals surface area contributed by atoms with E-state index in [2.05, 4.69) is 30.6 Å². The molecule has 166 valence electrons. The Labute approximate surface area is 195 Å². The molecular formula is C22H22Cl2N6O2. The van der Waals surface area contributed by atoms with Crippen LogP contribution in [0.25, 0.3) is 11.1 Å². The number of anilines is 1. The number of nitrogens with one attached hydrogen (secondary N) is 2. The van der Waals surface area contributed by atoms with Gasteiger partial charge in [-0.2, -0.15) is 0 Å². The van der Waals surface area contributed by atoms with E-state index in [0.29, 0.717) is 34.1 Å². The number of aliphatic hydroxyl groups excluding tert-OH is 1. The molecule has 1 aromatic carbocycles. The van der Waals surface area contributed by atoms with Crippen molar-refractivity contribution in [3.05, 3.63) is 64.4 Å². The lowest BCUT2D eigenvalue weighted by Gasteiger charge is -2.19. The van der Waals surface area contributed by atoms with Crippen LogP contribution in [0.2, 0.25) is 10.0 Å². The average Bonchev–Trinajstić information content (AvgIpc) is 3.18. The molecule has 4 rings (SSSR count). The van der Waals surface area contributed by atoms with Crippen LogP contribution >= 0.6 is 23.2 Å². The fraction of sp³-hybridized carbons (Fsp3) is 0.318. The van der Waals surface area contributed by atoms with Gasteiger partial charge in [0.15, 0.2) is 0 Å². The van der Waals surface area contributed by atoms with Crippen molar-refractivity contribution in [3.63, 3.8) is 0 Å². The zero-order chi connectivity index (χ0) is 22.8. The Hall–Kier alpha value is -2.81. The highest BCUT2D eigenvalue weighted by Gasteiger charge is 2.39.